The van der Waals surface area contributed by atoms with Gasteiger partial charge in [0.1, 0.15) is 0 Å². The van der Waals surface area contributed by atoms with Crippen molar-refractivity contribution in [2.45, 2.75) is 0 Å². The molecule has 2 aromatic carbocycles. The van der Waals surface area contributed by atoms with Gasteiger partial charge in [0, 0.05) is 11.6 Å². The van der Waals surface area contributed by atoms with Gasteiger partial charge in [0.25, 0.3) is 5.91 Å². The molecule has 2 aromatic rings. The Morgan fingerprint density at radius 3 is 2.11 bits per heavy atom. The first-order valence-electron chi connectivity index (χ1n) is 5.58. The Kier molecular flexibility index (Phi) is 3.76. The van der Waals surface area contributed by atoms with Crippen LogP contribution in [-0.2, 0) is 0 Å². The number of aliphatic hydroxyl groups excluding tert-OH is 1. The van der Waals surface area contributed by atoms with Crippen molar-refractivity contribution in [3.05, 3.63) is 77.7 Å². The fraction of sp³-hybridized carbons (Fsp3) is 0. The van der Waals surface area contributed by atoms with E-state index < -0.39 is 0 Å². The molecule has 0 radical (unpaired) electrons. The number of amides is 1. The van der Waals surface area contributed by atoms with Crippen molar-refractivity contribution in [1.29, 1.82) is 0 Å². The zero-order valence-corrected chi connectivity index (χ0v) is 9.71. The monoisotopic (exact) mass is 239 g/mol. The molecule has 0 heterocycles. The van der Waals surface area contributed by atoms with Crippen molar-refractivity contribution >= 4 is 12.0 Å². The van der Waals surface area contributed by atoms with Crippen LogP contribution in [0.4, 0.5) is 0 Å². The Balaban J connectivity index is 2.06. The first kappa shape index (κ1) is 11.9. The van der Waals surface area contributed by atoms with Crippen LogP contribution in [0.3, 0.4) is 0 Å². The van der Waals surface area contributed by atoms with Crippen molar-refractivity contribution in [1.82, 2.24) is 5.32 Å². The third kappa shape index (κ3) is 3.22. The van der Waals surface area contributed by atoms with Gasteiger partial charge in [-0.3, -0.25) is 10.1 Å². The Morgan fingerprint density at radius 1 is 0.944 bits per heavy atom. The van der Waals surface area contributed by atoms with E-state index in [2.05, 4.69) is 5.32 Å². The second kappa shape index (κ2) is 5.68. The maximum Gasteiger partial charge on any atom is 0.257 e. The average Bonchev–Trinajstić information content (AvgIpc) is 2.40. The lowest BCUT2D eigenvalue weighted by Crippen LogP contribution is -2.22. The number of aliphatic hydroxyl groups is 1. The summed E-state index contributed by atoms with van der Waals surface area (Å²) in [5.41, 5.74) is 1.33. The molecule has 3 nitrogen and oxygen atoms in total. The van der Waals surface area contributed by atoms with Crippen LogP contribution in [0.1, 0.15) is 15.9 Å². The van der Waals surface area contributed by atoms with E-state index in [9.17, 15) is 9.90 Å². The predicted octanol–water partition coefficient (Wildman–Crippen LogP) is 2.97. The van der Waals surface area contributed by atoms with Crippen LogP contribution in [0, 0.1) is 0 Å². The number of carbonyl (C=O) groups is 1. The van der Waals surface area contributed by atoms with Crippen molar-refractivity contribution < 1.29 is 9.90 Å². The number of hydrogen-bond acceptors (Lipinski definition) is 2. The third-order valence-corrected chi connectivity index (χ3v) is 2.38. The van der Waals surface area contributed by atoms with Crippen LogP contribution in [0.25, 0.3) is 6.08 Å². The molecule has 1 amide bonds. The highest BCUT2D eigenvalue weighted by molar-refractivity contribution is 5.95. The van der Waals surface area contributed by atoms with E-state index in [4.69, 9.17) is 0 Å². The summed E-state index contributed by atoms with van der Waals surface area (Å²) < 4.78 is 0. The Hall–Kier alpha value is -2.55. The number of nitrogens with one attached hydrogen (secondary N) is 1. The summed E-state index contributed by atoms with van der Waals surface area (Å²) in [5, 5.41) is 12.1. The number of benzene rings is 2. The van der Waals surface area contributed by atoms with Gasteiger partial charge in [-0.15, -0.1) is 0 Å². The lowest BCUT2D eigenvalue weighted by molar-refractivity contribution is 0.0948. The number of hydrogen-bond donors (Lipinski definition) is 2. The summed E-state index contributed by atoms with van der Waals surface area (Å²) in [7, 11) is 0. The van der Waals surface area contributed by atoms with Gasteiger partial charge in [0.2, 0.25) is 0 Å². The summed E-state index contributed by atoms with van der Waals surface area (Å²) in [6.45, 7) is 0. The van der Waals surface area contributed by atoms with Crippen LogP contribution < -0.4 is 5.32 Å². The number of carbonyl (C=O) groups excluding carboxylic acids is 1. The van der Waals surface area contributed by atoms with E-state index in [1.165, 1.54) is 6.08 Å². The molecular formula is C15H13NO2. The van der Waals surface area contributed by atoms with Crippen molar-refractivity contribution in [2.24, 2.45) is 0 Å². The normalized spacial score (nSPS) is 11.0. The molecule has 0 saturated carbocycles. The van der Waals surface area contributed by atoms with Crippen molar-refractivity contribution in [2.75, 3.05) is 0 Å². The maximum absolute atomic E-state index is 11.7. The SMILES string of the molecule is O=C(NC(O)=Cc1ccccc1)c1ccccc1. The Bertz CT molecular complexity index is 547. The van der Waals surface area contributed by atoms with Crippen LogP contribution in [-0.4, -0.2) is 11.0 Å². The summed E-state index contributed by atoms with van der Waals surface area (Å²) in [4.78, 5) is 11.7. The van der Waals surface area contributed by atoms with Gasteiger partial charge in [-0.2, -0.15) is 0 Å². The van der Waals surface area contributed by atoms with Crippen LogP contribution in [0.15, 0.2) is 66.5 Å². The fourth-order valence-corrected chi connectivity index (χ4v) is 1.52. The molecule has 2 N–H and O–H groups in total. The lowest BCUT2D eigenvalue weighted by Gasteiger charge is -2.03. The van der Waals surface area contributed by atoms with Crippen LogP contribution >= 0.6 is 0 Å². The quantitative estimate of drug-likeness (QED) is 0.809. The molecule has 3 heteroatoms. The van der Waals surface area contributed by atoms with Gasteiger partial charge in [0.15, 0.2) is 5.88 Å². The second-order valence-electron chi connectivity index (χ2n) is 3.76. The van der Waals surface area contributed by atoms with Crippen LogP contribution in [0.5, 0.6) is 0 Å². The van der Waals surface area contributed by atoms with Gasteiger partial charge in [0.05, 0.1) is 0 Å². The number of rotatable bonds is 3. The second-order valence-corrected chi connectivity index (χ2v) is 3.76. The molecule has 0 aliphatic carbocycles. The molecule has 0 atom stereocenters. The zero-order valence-electron chi connectivity index (χ0n) is 9.71. The molecular weight excluding hydrogens is 226 g/mol. The first-order valence-corrected chi connectivity index (χ1v) is 5.58. The van der Waals surface area contributed by atoms with E-state index >= 15 is 0 Å². The van der Waals surface area contributed by atoms with Gasteiger partial charge < -0.3 is 5.11 Å². The molecule has 0 fully saturated rings. The Labute approximate surface area is 105 Å². The van der Waals surface area contributed by atoms with Gasteiger partial charge in [-0.1, -0.05) is 48.5 Å². The van der Waals surface area contributed by atoms with Crippen LogP contribution in [0.2, 0.25) is 0 Å². The molecule has 0 bridgehead atoms. The van der Waals surface area contributed by atoms with Gasteiger partial charge in [-0.25, -0.2) is 0 Å². The highest BCUT2D eigenvalue weighted by Crippen LogP contribution is 2.04. The lowest BCUT2D eigenvalue weighted by atomic mass is 10.2. The summed E-state index contributed by atoms with van der Waals surface area (Å²) >= 11 is 0. The highest BCUT2D eigenvalue weighted by atomic mass is 16.3. The molecule has 0 aromatic heterocycles. The standard InChI is InChI=1S/C15H13NO2/c17-14(11-12-7-3-1-4-8-12)16-15(18)13-9-5-2-6-10-13/h1-11,17H,(H,16,18). The molecule has 0 saturated heterocycles. The van der Waals surface area contributed by atoms with E-state index in [-0.39, 0.29) is 11.8 Å². The third-order valence-electron chi connectivity index (χ3n) is 2.38. The smallest absolute Gasteiger partial charge is 0.257 e. The van der Waals surface area contributed by atoms with E-state index in [0.29, 0.717) is 5.56 Å². The topological polar surface area (TPSA) is 49.3 Å². The largest absolute Gasteiger partial charge is 0.494 e. The maximum atomic E-state index is 11.7. The minimum atomic E-state index is -0.333. The van der Waals surface area contributed by atoms with E-state index in [1.807, 2.05) is 36.4 Å². The first-order chi connectivity index (χ1) is 8.75. The van der Waals surface area contributed by atoms with Crippen molar-refractivity contribution in [3.63, 3.8) is 0 Å². The molecule has 90 valence electrons. The molecule has 0 aliphatic heterocycles. The fourth-order valence-electron chi connectivity index (χ4n) is 1.52. The zero-order chi connectivity index (χ0) is 12.8. The van der Waals surface area contributed by atoms with Gasteiger partial charge >= 0.3 is 0 Å². The molecule has 0 unspecified atom stereocenters. The van der Waals surface area contributed by atoms with Gasteiger partial charge in [-0.05, 0) is 17.7 Å². The highest BCUT2D eigenvalue weighted by Gasteiger charge is 2.05. The summed E-state index contributed by atoms with van der Waals surface area (Å²) in [6, 6.07) is 18.0. The summed E-state index contributed by atoms with van der Waals surface area (Å²) in [6.07, 6.45) is 1.50. The predicted molar refractivity (Wildman–Crippen MR) is 71.0 cm³/mol. The van der Waals surface area contributed by atoms with E-state index in [0.717, 1.165) is 5.56 Å². The average molecular weight is 239 g/mol. The summed E-state index contributed by atoms with van der Waals surface area (Å²) in [5.74, 6) is -0.504. The molecule has 0 aliphatic rings. The molecule has 2 rings (SSSR count). The van der Waals surface area contributed by atoms with E-state index in [1.54, 1.807) is 24.3 Å². The Morgan fingerprint density at radius 2 is 1.50 bits per heavy atom. The van der Waals surface area contributed by atoms with Crippen molar-refractivity contribution in [3.8, 4) is 0 Å². The molecule has 0 spiro atoms. The minimum Gasteiger partial charge on any atom is -0.494 e. The minimum absolute atomic E-state index is 0.171. The molecule has 18 heavy (non-hydrogen) atoms.